The Morgan fingerprint density at radius 2 is 2.14 bits per heavy atom. The van der Waals surface area contributed by atoms with Crippen LogP contribution in [0.25, 0.3) is 0 Å². The maximum absolute atomic E-state index is 11.4. The van der Waals surface area contributed by atoms with E-state index in [0.717, 1.165) is 0 Å². The maximum Gasteiger partial charge on any atom is 0.246 e. The van der Waals surface area contributed by atoms with Gasteiger partial charge in [-0.2, -0.15) is 4.98 Å². The van der Waals surface area contributed by atoms with Crippen molar-refractivity contribution in [2.24, 2.45) is 0 Å². The minimum absolute atomic E-state index is 0.1000. The lowest BCUT2D eigenvalue weighted by molar-refractivity contribution is 0.0979. The fraction of sp³-hybridized carbons (Fsp3) is 0.444. The van der Waals surface area contributed by atoms with Gasteiger partial charge in [0.2, 0.25) is 11.8 Å². The maximum atomic E-state index is 11.4. The zero-order valence-electron chi connectivity index (χ0n) is 8.40. The predicted octanol–water partition coefficient (Wildman–Crippen LogP) is 1.09. The van der Waals surface area contributed by atoms with Crippen molar-refractivity contribution in [3.8, 4) is 11.8 Å². The number of ketones is 1. The molecule has 0 bridgehead atoms. The van der Waals surface area contributed by atoms with Gasteiger partial charge >= 0.3 is 0 Å². The van der Waals surface area contributed by atoms with Gasteiger partial charge in [-0.15, -0.1) is 0 Å². The number of hydrogen-bond donors (Lipinski definition) is 0. The standard InChI is InChI=1S/C9H12N2O3/c1-4-6(12)8-9(14-3)11-7(13-2)5-10-8/h5H,4H2,1-3H3. The lowest BCUT2D eigenvalue weighted by atomic mass is 10.2. The zero-order valence-corrected chi connectivity index (χ0v) is 8.40. The van der Waals surface area contributed by atoms with Gasteiger partial charge in [0.25, 0.3) is 0 Å². The molecule has 0 aromatic carbocycles. The summed E-state index contributed by atoms with van der Waals surface area (Å²) in [6, 6.07) is 0. The number of nitrogens with zero attached hydrogens (tertiary/aromatic N) is 2. The molecule has 14 heavy (non-hydrogen) atoms. The van der Waals surface area contributed by atoms with Gasteiger partial charge in [0.1, 0.15) is 0 Å². The molecule has 0 aliphatic heterocycles. The highest BCUT2D eigenvalue weighted by Gasteiger charge is 2.14. The molecule has 0 saturated heterocycles. The van der Waals surface area contributed by atoms with Crippen LogP contribution in [-0.4, -0.2) is 30.0 Å². The molecule has 5 heteroatoms. The highest BCUT2D eigenvalue weighted by molar-refractivity contribution is 5.95. The van der Waals surface area contributed by atoms with E-state index in [1.54, 1.807) is 6.92 Å². The van der Waals surface area contributed by atoms with Gasteiger partial charge in [-0.05, 0) is 0 Å². The number of rotatable bonds is 4. The Hall–Kier alpha value is -1.65. The Balaban J connectivity index is 3.11. The van der Waals surface area contributed by atoms with E-state index in [0.29, 0.717) is 12.3 Å². The van der Waals surface area contributed by atoms with E-state index in [4.69, 9.17) is 9.47 Å². The summed E-state index contributed by atoms with van der Waals surface area (Å²) in [5.41, 5.74) is 0.246. The highest BCUT2D eigenvalue weighted by Crippen LogP contribution is 2.17. The second-order valence-corrected chi connectivity index (χ2v) is 2.55. The van der Waals surface area contributed by atoms with Crippen molar-refractivity contribution in [2.45, 2.75) is 13.3 Å². The van der Waals surface area contributed by atoms with E-state index in [2.05, 4.69) is 9.97 Å². The van der Waals surface area contributed by atoms with Crippen LogP contribution in [0.15, 0.2) is 6.20 Å². The molecular formula is C9H12N2O3. The van der Waals surface area contributed by atoms with Crippen LogP contribution in [-0.2, 0) is 0 Å². The van der Waals surface area contributed by atoms with Crippen molar-refractivity contribution >= 4 is 5.78 Å². The summed E-state index contributed by atoms with van der Waals surface area (Å²) in [5, 5.41) is 0. The predicted molar refractivity (Wildman–Crippen MR) is 49.8 cm³/mol. The van der Waals surface area contributed by atoms with Gasteiger partial charge < -0.3 is 9.47 Å². The summed E-state index contributed by atoms with van der Waals surface area (Å²) in [5.74, 6) is 0.433. The smallest absolute Gasteiger partial charge is 0.246 e. The first-order valence-electron chi connectivity index (χ1n) is 4.21. The molecule has 0 N–H and O–H groups in total. The van der Waals surface area contributed by atoms with Crippen LogP contribution in [0.5, 0.6) is 11.8 Å². The van der Waals surface area contributed by atoms with Gasteiger partial charge in [0.15, 0.2) is 11.5 Å². The molecule has 1 aromatic heterocycles. The van der Waals surface area contributed by atoms with Crippen molar-refractivity contribution in [3.05, 3.63) is 11.9 Å². The van der Waals surface area contributed by atoms with Crippen molar-refractivity contribution in [1.29, 1.82) is 0 Å². The summed E-state index contributed by atoms with van der Waals surface area (Å²) in [7, 11) is 2.92. The van der Waals surface area contributed by atoms with Crippen LogP contribution in [0, 0.1) is 0 Å². The van der Waals surface area contributed by atoms with Crippen molar-refractivity contribution in [1.82, 2.24) is 9.97 Å². The number of carbonyl (C=O) groups is 1. The third kappa shape index (κ3) is 1.99. The first-order valence-corrected chi connectivity index (χ1v) is 4.21. The molecule has 1 heterocycles. The molecule has 0 aliphatic carbocycles. The molecule has 0 saturated carbocycles. The first-order chi connectivity index (χ1) is 6.72. The summed E-state index contributed by atoms with van der Waals surface area (Å²) in [6.07, 6.45) is 1.77. The van der Waals surface area contributed by atoms with Gasteiger partial charge in [-0.3, -0.25) is 4.79 Å². The summed E-state index contributed by atoms with van der Waals surface area (Å²) < 4.78 is 9.80. The number of methoxy groups -OCH3 is 2. The molecule has 1 aromatic rings. The van der Waals surface area contributed by atoms with E-state index in [1.165, 1.54) is 20.4 Å². The number of ether oxygens (including phenoxy) is 2. The van der Waals surface area contributed by atoms with Crippen LogP contribution in [0.4, 0.5) is 0 Å². The molecule has 0 amide bonds. The van der Waals surface area contributed by atoms with Crippen LogP contribution in [0.2, 0.25) is 0 Å². The molecule has 0 atom stereocenters. The van der Waals surface area contributed by atoms with Crippen LogP contribution >= 0.6 is 0 Å². The molecule has 0 radical (unpaired) electrons. The van der Waals surface area contributed by atoms with Gasteiger partial charge in [-0.1, -0.05) is 6.92 Å². The average Bonchev–Trinajstić information content (AvgIpc) is 2.27. The van der Waals surface area contributed by atoms with E-state index in [9.17, 15) is 4.79 Å². The molecule has 5 nitrogen and oxygen atoms in total. The zero-order chi connectivity index (χ0) is 10.6. The normalized spacial score (nSPS) is 9.64. The van der Waals surface area contributed by atoms with E-state index in [1.807, 2.05) is 0 Å². The molecule has 76 valence electrons. The monoisotopic (exact) mass is 196 g/mol. The Kier molecular flexibility index (Phi) is 3.39. The van der Waals surface area contributed by atoms with Crippen LogP contribution in [0.1, 0.15) is 23.8 Å². The summed E-state index contributed by atoms with van der Waals surface area (Å²) >= 11 is 0. The Labute approximate surface area is 82.1 Å². The third-order valence-electron chi connectivity index (χ3n) is 1.71. The van der Waals surface area contributed by atoms with E-state index >= 15 is 0 Å². The molecule has 0 fully saturated rings. The molecule has 0 aliphatic rings. The second-order valence-electron chi connectivity index (χ2n) is 2.55. The van der Waals surface area contributed by atoms with Crippen molar-refractivity contribution < 1.29 is 14.3 Å². The summed E-state index contributed by atoms with van der Waals surface area (Å²) in [4.78, 5) is 19.2. The Morgan fingerprint density at radius 3 is 2.64 bits per heavy atom. The van der Waals surface area contributed by atoms with Crippen LogP contribution in [0.3, 0.4) is 0 Å². The van der Waals surface area contributed by atoms with Gasteiger partial charge in [0.05, 0.1) is 20.4 Å². The third-order valence-corrected chi connectivity index (χ3v) is 1.71. The SMILES string of the molecule is CCC(=O)c1ncc(OC)nc1OC. The fourth-order valence-electron chi connectivity index (χ4n) is 0.956. The molecule has 1 rings (SSSR count). The lowest BCUT2D eigenvalue weighted by Crippen LogP contribution is -2.06. The number of aromatic nitrogens is 2. The van der Waals surface area contributed by atoms with E-state index < -0.39 is 0 Å². The number of Topliss-reactive ketones (excluding diaryl/α,β-unsaturated/α-hetero) is 1. The average molecular weight is 196 g/mol. The minimum atomic E-state index is -0.1000. The quantitative estimate of drug-likeness (QED) is 0.674. The topological polar surface area (TPSA) is 61.3 Å². The Bertz CT molecular complexity index is 339. The second kappa shape index (κ2) is 4.55. The minimum Gasteiger partial charge on any atom is -0.480 e. The van der Waals surface area contributed by atoms with Gasteiger partial charge in [-0.25, -0.2) is 4.98 Å². The van der Waals surface area contributed by atoms with Crippen LogP contribution < -0.4 is 9.47 Å². The number of carbonyl (C=O) groups excluding carboxylic acids is 1. The number of hydrogen-bond acceptors (Lipinski definition) is 5. The van der Waals surface area contributed by atoms with Crippen molar-refractivity contribution in [2.75, 3.05) is 14.2 Å². The van der Waals surface area contributed by atoms with Crippen molar-refractivity contribution in [3.63, 3.8) is 0 Å². The first kappa shape index (κ1) is 10.4. The highest BCUT2D eigenvalue weighted by atomic mass is 16.5. The Morgan fingerprint density at radius 1 is 1.43 bits per heavy atom. The fourth-order valence-corrected chi connectivity index (χ4v) is 0.956. The molecular weight excluding hydrogens is 184 g/mol. The summed E-state index contributed by atoms with van der Waals surface area (Å²) in [6.45, 7) is 1.76. The molecule has 0 spiro atoms. The van der Waals surface area contributed by atoms with E-state index in [-0.39, 0.29) is 17.4 Å². The largest absolute Gasteiger partial charge is 0.480 e. The molecule has 0 unspecified atom stereocenters. The van der Waals surface area contributed by atoms with Gasteiger partial charge in [0, 0.05) is 6.42 Å². The lowest BCUT2D eigenvalue weighted by Gasteiger charge is -2.05.